The molecule has 1 atom stereocenters. The third-order valence-electron chi connectivity index (χ3n) is 3.60. The molecule has 1 amide bonds. The Bertz CT molecular complexity index is 397. The van der Waals surface area contributed by atoms with Crippen molar-refractivity contribution in [2.24, 2.45) is 0 Å². The summed E-state index contributed by atoms with van der Waals surface area (Å²) in [6.07, 6.45) is 3.02. The molecule has 0 radical (unpaired) electrons. The zero-order valence-electron chi connectivity index (χ0n) is 11.7. The average Bonchev–Trinajstić information content (AvgIpc) is 2.40. The fourth-order valence-electron chi connectivity index (χ4n) is 2.38. The Morgan fingerprint density at radius 3 is 2.53 bits per heavy atom. The van der Waals surface area contributed by atoms with Crippen LogP contribution in [0.5, 0.6) is 0 Å². The van der Waals surface area contributed by atoms with E-state index in [1.165, 1.54) is 18.4 Å². The standard InChI is InChI=1S/C15H22N2O.ClH/c1-17(2)15(18)10-12-5-7-13(8-6-12)14-4-3-9-16-11-14;/h5-8,14,16H,3-4,9-11H2,1-2H3;1H. The molecular weight excluding hydrogens is 260 g/mol. The van der Waals surface area contributed by atoms with E-state index in [2.05, 4.69) is 29.6 Å². The molecule has 1 aliphatic heterocycles. The third-order valence-corrected chi connectivity index (χ3v) is 3.60. The first-order valence-corrected chi connectivity index (χ1v) is 6.66. The predicted molar refractivity (Wildman–Crippen MR) is 80.9 cm³/mol. The van der Waals surface area contributed by atoms with Gasteiger partial charge in [-0.3, -0.25) is 4.79 Å². The molecule has 1 aromatic rings. The molecule has 19 heavy (non-hydrogen) atoms. The van der Waals surface area contributed by atoms with Crippen LogP contribution in [-0.2, 0) is 11.2 Å². The molecule has 3 nitrogen and oxygen atoms in total. The first kappa shape index (κ1) is 16.0. The Morgan fingerprint density at radius 1 is 1.32 bits per heavy atom. The molecule has 0 bridgehead atoms. The minimum absolute atomic E-state index is 0. The molecule has 0 aromatic heterocycles. The van der Waals surface area contributed by atoms with Crippen LogP contribution in [0.3, 0.4) is 0 Å². The first-order valence-electron chi connectivity index (χ1n) is 6.66. The van der Waals surface area contributed by atoms with Gasteiger partial charge in [-0.2, -0.15) is 0 Å². The Hall–Kier alpha value is -1.06. The number of likely N-dealkylation sites (N-methyl/N-ethyl adjacent to an activating group) is 1. The van der Waals surface area contributed by atoms with Gasteiger partial charge in [0.1, 0.15) is 0 Å². The Morgan fingerprint density at radius 2 is 2.00 bits per heavy atom. The lowest BCUT2D eigenvalue weighted by molar-refractivity contribution is -0.127. The highest BCUT2D eigenvalue weighted by Crippen LogP contribution is 2.23. The lowest BCUT2D eigenvalue weighted by Gasteiger charge is -2.23. The number of halogens is 1. The number of rotatable bonds is 3. The van der Waals surface area contributed by atoms with Crippen LogP contribution >= 0.6 is 12.4 Å². The van der Waals surface area contributed by atoms with E-state index < -0.39 is 0 Å². The van der Waals surface area contributed by atoms with E-state index in [1.807, 2.05) is 0 Å². The highest BCUT2D eigenvalue weighted by molar-refractivity contribution is 5.85. The van der Waals surface area contributed by atoms with Crippen molar-refractivity contribution in [2.75, 3.05) is 27.2 Å². The second-order valence-corrected chi connectivity index (χ2v) is 5.25. The van der Waals surface area contributed by atoms with E-state index in [9.17, 15) is 4.79 Å². The summed E-state index contributed by atoms with van der Waals surface area (Å²) < 4.78 is 0. The Labute approximate surface area is 121 Å². The molecule has 1 saturated heterocycles. The molecule has 0 saturated carbocycles. The zero-order chi connectivity index (χ0) is 13.0. The quantitative estimate of drug-likeness (QED) is 0.922. The van der Waals surface area contributed by atoms with Gasteiger partial charge >= 0.3 is 0 Å². The van der Waals surface area contributed by atoms with Crippen molar-refractivity contribution in [1.82, 2.24) is 10.2 Å². The number of benzene rings is 1. The zero-order valence-corrected chi connectivity index (χ0v) is 12.5. The van der Waals surface area contributed by atoms with Crippen LogP contribution in [0.2, 0.25) is 0 Å². The molecule has 1 unspecified atom stereocenters. The molecule has 4 heteroatoms. The molecule has 106 valence electrons. The molecule has 1 aliphatic rings. The van der Waals surface area contributed by atoms with Crippen LogP contribution in [0.1, 0.15) is 29.9 Å². The van der Waals surface area contributed by atoms with Gasteiger partial charge in [0.25, 0.3) is 0 Å². The van der Waals surface area contributed by atoms with Gasteiger partial charge in [-0.25, -0.2) is 0 Å². The molecule has 1 heterocycles. The summed E-state index contributed by atoms with van der Waals surface area (Å²) in [6.45, 7) is 2.22. The topological polar surface area (TPSA) is 32.3 Å². The smallest absolute Gasteiger partial charge is 0.226 e. The lowest BCUT2D eigenvalue weighted by Crippen LogP contribution is -2.28. The summed E-state index contributed by atoms with van der Waals surface area (Å²) >= 11 is 0. The van der Waals surface area contributed by atoms with Gasteiger partial charge in [0.2, 0.25) is 5.91 Å². The van der Waals surface area contributed by atoms with Gasteiger partial charge in [-0.1, -0.05) is 24.3 Å². The van der Waals surface area contributed by atoms with Crippen molar-refractivity contribution in [3.8, 4) is 0 Å². The van der Waals surface area contributed by atoms with E-state index in [0.29, 0.717) is 12.3 Å². The average molecular weight is 283 g/mol. The first-order chi connectivity index (χ1) is 8.66. The predicted octanol–water partition coefficient (Wildman–Crippen LogP) is 2.21. The minimum atomic E-state index is 0. The molecular formula is C15H23ClN2O. The highest BCUT2D eigenvalue weighted by atomic mass is 35.5. The van der Waals surface area contributed by atoms with E-state index in [0.717, 1.165) is 18.7 Å². The van der Waals surface area contributed by atoms with E-state index in [-0.39, 0.29) is 18.3 Å². The fraction of sp³-hybridized carbons (Fsp3) is 0.533. The SMILES string of the molecule is CN(C)C(=O)Cc1ccc(C2CCCNC2)cc1.Cl. The van der Waals surface area contributed by atoms with Crippen LogP contribution in [0.4, 0.5) is 0 Å². The minimum Gasteiger partial charge on any atom is -0.349 e. The molecule has 2 rings (SSSR count). The monoisotopic (exact) mass is 282 g/mol. The number of nitrogens with one attached hydrogen (secondary N) is 1. The second-order valence-electron chi connectivity index (χ2n) is 5.25. The second kappa shape index (κ2) is 7.51. The normalized spacial score (nSPS) is 18.5. The van der Waals surface area contributed by atoms with Crippen molar-refractivity contribution in [3.63, 3.8) is 0 Å². The summed E-state index contributed by atoms with van der Waals surface area (Å²) in [6, 6.07) is 8.53. The number of hydrogen-bond donors (Lipinski definition) is 1. The van der Waals surface area contributed by atoms with Gasteiger partial charge in [-0.15, -0.1) is 12.4 Å². The maximum Gasteiger partial charge on any atom is 0.226 e. The van der Waals surface area contributed by atoms with Crippen molar-refractivity contribution in [1.29, 1.82) is 0 Å². The van der Waals surface area contributed by atoms with Crippen molar-refractivity contribution in [2.45, 2.75) is 25.2 Å². The fourth-order valence-corrected chi connectivity index (χ4v) is 2.38. The third kappa shape index (κ3) is 4.51. The number of nitrogens with zero attached hydrogens (tertiary/aromatic N) is 1. The van der Waals surface area contributed by atoms with E-state index >= 15 is 0 Å². The number of amides is 1. The maximum absolute atomic E-state index is 11.6. The number of carbonyl (C=O) groups excluding carboxylic acids is 1. The van der Waals surface area contributed by atoms with Crippen LogP contribution in [-0.4, -0.2) is 38.0 Å². The Balaban J connectivity index is 0.00000180. The molecule has 0 aliphatic carbocycles. The van der Waals surface area contributed by atoms with Gasteiger partial charge < -0.3 is 10.2 Å². The van der Waals surface area contributed by atoms with Crippen LogP contribution in [0.15, 0.2) is 24.3 Å². The molecule has 1 N–H and O–H groups in total. The maximum atomic E-state index is 11.6. The van der Waals surface area contributed by atoms with E-state index in [4.69, 9.17) is 0 Å². The summed E-state index contributed by atoms with van der Waals surface area (Å²) in [5.41, 5.74) is 2.49. The van der Waals surface area contributed by atoms with Gasteiger partial charge in [0.05, 0.1) is 6.42 Å². The van der Waals surface area contributed by atoms with E-state index in [1.54, 1.807) is 19.0 Å². The van der Waals surface area contributed by atoms with Gasteiger partial charge in [0, 0.05) is 20.6 Å². The number of piperidine rings is 1. The Kier molecular flexibility index (Phi) is 6.32. The summed E-state index contributed by atoms with van der Waals surface area (Å²) in [4.78, 5) is 13.3. The van der Waals surface area contributed by atoms with Gasteiger partial charge in [0.15, 0.2) is 0 Å². The highest BCUT2D eigenvalue weighted by Gasteiger charge is 2.15. The van der Waals surface area contributed by atoms with Crippen LogP contribution < -0.4 is 5.32 Å². The van der Waals surface area contributed by atoms with Crippen LogP contribution in [0, 0.1) is 0 Å². The summed E-state index contributed by atoms with van der Waals surface area (Å²) in [7, 11) is 3.59. The summed E-state index contributed by atoms with van der Waals surface area (Å²) in [5, 5.41) is 3.43. The largest absolute Gasteiger partial charge is 0.349 e. The molecule has 0 spiro atoms. The van der Waals surface area contributed by atoms with Crippen molar-refractivity contribution in [3.05, 3.63) is 35.4 Å². The van der Waals surface area contributed by atoms with Crippen molar-refractivity contribution >= 4 is 18.3 Å². The number of carbonyl (C=O) groups is 1. The molecule has 1 fully saturated rings. The number of hydrogen-bond acceptors (Lipinski definition) is 2. The molecule has 1 aromatic carbocycles. The summed E-state index contributed by atoms with van der Waals surface area (Å²) in [5.74, 6) is 0.791. The van der Waals surface area contributed by atoms with Crippen molar-refractivity contribution < 1.29 is 4.79 Å². The van der Waals surface area contributed by atoms with Gasteiger partial charge in [-0.05, 0) is 36.4 Å². The lowest BCUT2D eigenvalue weighted by atomic mass is 9.91. The van der Waals surface area contributed by atoms with Crippen LogP contribution in [0.25, 0.3) is 0 Å².